The van der Waals surface area contributed by atoms with Gasteiger partial charge in [0.25, 0.3) is 0 Å². The summed E-state index contributed by atoms with van der Waals surface area (Å²) >= 11 is 0. The zero-order valence-electron chi connectivity index (χ0n) is 69.5. The van der Waals surface area contributed by atoms with Gasteiger partial charge in [0.05, 0.1) is 26.4 Å². The van der Waals surface area contributed by atoms with E-state index in [1.165, 1.54) is 19.3 Å². The lowest BCUT2D eigenvalue weighted by Gasteiger charge is -2.21. The van der Waals surface area contributed by atoms with Crippen molar-refractivity contribution in [2.75, 3.05) is 39.6 Å². The van der Waals surface area contributed by atoms with E-state index in [4.69, 9.17) is 37.0 Å². The number of carbonyl (C=O) groups is 4. The molecule has 0 aliphatic carbocycles. The topological polar surface area (TPSA) is 237 Å². The number of carbonyl (C=O) groups excluding carboxylic acids is 4. The van der Waals surface area contributed by atoms with Crippen LogP contribution in [0.15, 0.2) is 194 Å². The maximum Gasteiger partial charge on any atom is 0.472 e. The maximum absolute atomic E-state index is 13.1. The first-order chi connectivity index (χ1) is 54.7. The number of hydrogen-bond donors (Lipinski definition) is 3. The molecule has 0 aliphatic rings. The fraction of sp³-hybridized carbons (Fsp3) is 0.613. The van der Waals surface area contributed by atoms with Crippen LogP contribution in [0.2, 0.25) is 0 Å². The molecule has 0 amide bonds. The molecule has 0 fully saturated rings. The van der Waals surface area contributed by atoms with Gasteiger partial charge in [0, 0.05) is 25.7 Å². The molecular formula is C93H150O17P2. The molecule has 0 rings (SSSR count). The number of ether oxygens (including phenoxy) is 4. The second kappa shape index (κ2) is 82.9. The van der Waals surface area contributed by atoms with Crippen molar-refractivity contribution >= 4 is 39.5 Å². The molecule has 5 unspecified atom stereocenters. The lowest BCUT2D eigenvalue weighted by atomic mass is 10.1. The Kier molecular flexibility index (Phi) is 78.4. The third-order valence-corrected chi connectivity index (χ3v) is 18.9. The lowest BCUT2D eigenvalue weighted by Crippen LogP contribution is -2.30. The Morgan fingerprint density at radius 1 is 0.259 bits per heavy atom. The highest BCUT2D eigenvalue weighted by Crippen LogP contribution is 2.45. The highest BCUT2D eigenvalue weighted by molar-refractivity contribution is 7.47. The third-order valence-electron chi connectivity index (χ3n) is 17.0. The van der Waals surface area contributed by atoms with E-state index in [0.29, 0.717) is 32.1 Å². The predicted octanol–water partition coefficient (Wildman–Crippen LogP) is 25.7. The van der Waals surface area contributed by atoms with Gasteiger partial charge in [0.1, 0.15) is 19.3 Å². The molecule has 634 valence electrons. The summed E-state index contributed by atoms with van der Waals surface area (Å²) in [5.74, 6) is -2.34. The fourth-order valence-electron chi connectivity index (χ4n) is 10.7. The van der Waals surface area contributed by atoms with Crippen LogP contribution in [-0.2, 0) is 65.4 Å². The number of hydrogen-bond acceptors (Lipinski definition) is 15. The summed E-state index contributed by atoms with van der Waals surface area (Å²) in [4.78, 5) is 73.3. The Balaban J connectivity index is 5.52. The van der Waals surface area contributed by atoms with Crippen LogP contribution in [-0.4, -0.2) is 96.7 Å². The largest absolute Gasteiger partial charge is 0.472 e. The molecule has 19 heteroatoms. The number of phosphoric acid groups is 2. The number of rotatable bonds is 78. The molecule has 0 aromatic carbocycles. The minimum atomic E-state index is -5.02. The molecule has 0 aliphatic heterocycles. The van der Waals surface area contributed by atoms with Gasteiger partial charge in [-0.05, 0) is 173 Å². The van der Waals surface area contributed by atoms with E-state index in [2.05, 4.69) is 204 Å². The smallest absolute Gasteiger partial charge is 0.462 e. The van der Waals surface area contributed by atoms with E-state index < -0.39 is 97.5 Å². The normalized spacial score (nSPS) is 14.7. The molecule has 0 heterocycles. The van der Waals surface area contributed by atoms with Crippen molar-refractivity contribution in [3.63, 3.8) is 0 Å². The molecule has 0 saturated carbocycles. The van der Waals surface area contributed by atoms with Gasteiger partial charge < -0.3 is 33.8 Å². The van der Waals surface area contributed by atoms with E-state index in [1.54, 1.807) is 0 Å². The molecule has 3 N–H and O–H groups in total. The minimum Gasteiger partial charge on any atom is -0.462 e. The van der Waals surface area contributed by atoms with Gasteiger partial charge in [-0.2, -0.15) is 0 Å². The Hall–Kier alpha value is -6.10. The second-order valence-electron chi connectivity index (χ2n) is 27.6. The van der Waals surface area contributed by atoms with Crippen LogP contribution in [0.4, 0.5) is 0 Å². The van der Waals surface area contributed by atoms with Gasteiger partial charge in [0.15, 0.2) is 12.2 Å². The summed E-state index contributed by atoms with van der Waals surface area (Å²) in [5.41, 5.74) is 0. The number of aliphatic hydroxyl groups is 1. The summed E-state index contributed by atoms with van der Waals surface area (Å²) < 4.78 is 68.7. The summed E-state index contributed by atoms with van der Waals surface area (Å²) in [6.07, 6.45) is 103. The van der Waals surface area contributed by atoms with E-state index in [0.717, 1.165) is 205 Å². The van der Waals surface area contributed by atoms with Crippen LogP contribution in [0.3, 0.4) is 0 Å². The number of phosphoric ester groups is 2. The number of allylic oxidation sites excluding steroid dienone is 32. The van der Waals surface area contributed by atoms with E-state index in [9.17, 15) is 43.2 Å². The van der Waals surface area contributed by atoms with Crippen molar-refractivity contribution in [1.82, 2.24) is 0 Å². The predicted molar refractivity (Wildman–Crippen MR) is 463 cm³/mol. The summed E-state index contributed by atoms with van der Waals surface area (Å²) in [7, 11) is -10.0. The standard InChI is InChI=1S/C93H150O17P2/c1-5-9-13-17-21-25-29-33-37-41-43-47-50-54-58-62-66-70-74-78-91(96)104-84-89(110-93(98)80-76-72-68-64-60-56-52-48-44-42-38-34-30-26-22-18-14-10-6-2)86-108-112(101,102)106-82-87(94)81-105-111(99,100)107-85-88(109-92(97)79-75-71-67-63-59-55-51-46-40-36-32-28-24-20-16-12-8-4)83-103-90(95)77-73-69-65-61-57-53-49-45-39-35-31-27-23-19-15-11-7-3/h9,11-13,15-16,21-28,33-40,43-44,47-49,53-54,58,66,70,87-89,94H,5-8,10,14,17-20,29-32,41-42,45-46,50-52,55-57,59-65,67-69,71-86H2,1-4H3,(H,99,100)(H,101,102)/b13-9-,15-11-,16-12-,25-21-,26-22-,27-23-,28-24-,37-33-,38-34-,39-35-,40-36-,47-43-,48-44-,53-49-,58-54-,70-66-. The maximum atomic E-state index is 13.1. The van der Waals surface area contributed by atoms with Crippen LogP contribution < -0.4 is 0 Å². The van der Waals surface area contributed by atoms with Crippen LogP contribution in [0.25, 0.3) is 0 Å². The quantitative estimate of drug-likeness (QED) is 0.0169. The zero-order valence-corrected chi connectivity index (χ0v) is 71.3. The van der Waals surface area contributed by atoms with Gasteiger partial charge >= 0.3 is 39.5 Å². The number of esters is 4. The van der Waals surface area contributed by atoms with Gasteiger partial charge in [-0.1, -0.05) is 306 Å². The number of aliphatic hydroxyl groups excluding tert-OH is 1. The summed E-state index contributed by atoms with van der Waals surface area (Å²) in [5, 5.41) is 10.7. The number of unbranched alkanes of at least 4 members (excludes halogenated alkanes) is 20. The van der Waals surface area contributed by atoms with E-state index >= 15 is 0 Å². The molecule has 0 bridgehead atoms. The van der Waals surface area contributed by atoms with Gasteiger partial charge in [-0.25, -0.2) is 9.13 Å². The average Bonchev–Trinajstić information content (AvgIpc) is 0.898. The SMILES string of the molecule is CC/C=C\C/C=C\C/C=C\C/C=C\C/C=C\C/C=C\CCC(=O)OCC(COP(=O)(O)OCC(O)COP(=O)(O)OCC(COC(=O)CCCCCC/C=C\C/C=C\C/C=C\C/C=C\CC)OC(=O)CCCCCCCCC/C=C\C/C=C\C/C=C\CC)OC(=O)CCCCCCCC/C=C\C/C=C\C/C=C\CCCCC. The Labute approximate surface area is 678 Å². The molecule has 0 saturated heterocycles. The molecule has 17 nitrogen and oxygen atoms in total. The van der Waals surface area contributed by atoms with E-state index in [1.807, 2.05) is 18.2 Å². The van der Waals surface area contributed by atoms with Crippen LogP contribution in [0.1, 0.15) is 310 Å². The highest BCUT2D eigenvalue weighted by atomic mass is 31.2. The van der Waals surface area contributed by atoms with Crippen molar-refractivity contribution in [1.29, 1.82) is 0 Å². The lowest BCUT2D eigenvalue weighted by molar-refractivity contribution is -0.161. The first kappa shape index (κ1) is 106. The summed E-state index contributed by atoms with van der Waals surface area (Å²) in [6.45, 7) is 4.37. The van der Waals surface area contributed by atoms with Gasteiger partial charge in [0.2, 0.25) is 0 Å². The van der Waals surface area contributed by atoms with Crippen LogP contribution in [0.5, 0.6) is 0 Å². The molecule has 0 radical (unpaired) electrons. The van der Waals surface area contributed by atoms with Crippen molar-refractivity contribution in [2.45, 2.75) is 329 Å². The van der Waals surface area contributed by atoms with Crippen molar-refractivity contribution in [3.05, 3.63) is 194 Å². The van der Waals surface area contributed by atoms with Crippen molar-refractivity contribution in [2.24, 2.45) is 0 Å². The highest BCUT2D eigenvalue weighted by Gasteiger charge is 2.30. The molecule has 0 aromatic rings. The Morgan fingerprint density at radius 2 is 0.482 bits per heavy atom. The fourth-order valence-corrected chi connectivity index (χ4v) is 12.2. The average molecular weight is 1600 g/mol. The minimum absolute atomic E-state index is 0.0256. The van der Waals surface area contributed by atoms with Gasteiger partial charge in [-0.15, -0.1) is 0 Å². The summed E-state index contributed by atoms with van der Waals surface area (Å²) in [6, 6.07) is 0. The molecule has 112 heavy (non-hydrogen) atoms. The second-order valence-corrected chi connectivity index (χ2v) is 30.5. The third kappa shape index (κ3) is 81.9. The Bertz CT molecular complexity index is 2890. The zero-order chi connectivity index (χ0) is 81.7. The van der Waals surface area contributed by atoms with Crippen molar-refractivity contribution < 1.29 is 80.2 Å². The first-order valence-electron chi connectivity index (χ1n) is 42.7. The molecule has 5 atom stereocenters. The van der Waals surface area contributed by atoms with E-state index in [-0.39, 0.29) is 25.7 Å². The monoisotopic (exact) mass is 1600 g/mol. The van der Waals surface area contributed by atoms with Crippen molar-refractivity contribution in [3.8, 4) is 0 Å². The Morgan fingerprint density at radius 3 is 0.768 bits per heavy atom. The van der Waals surface area contributed by atoms with Crippen LogP contribution >= 0.6 is 15.6 Å². The molecule has 0 aromatic heterocycles. The first-order valence-corrected chi connectivity index (χ1v) is 45.7. The van der Waals surface area contributed by atoms with Gasteiger partial charge in [-0.3, -0.25) is 37.3 Å². The van der Waals surface area contributed by atoms with Crippen LogP contribution in [0, 0.1) is 0 Å². The molecule has 0 spiro atoms. The molecular weight excluding hydrogens is 1450 g/mol.